The van der Waals surface area contributed by atoms with Gasteiger partial charge in [-0.05, 0) is 19.6 Å². The van der Waals surface area contributed by atoms with Gasteiger partial charge in [-0.15, -0.1) is 0 Å². The topological polar surface area (TPSA) is 27.7 Å². The fraction of sp³-hybridized carbons (Fsp3) is 0.667. The van der Waals surface area contributed by atoms with Gasteiger partial charge in [-0.25, -0.2) is 4.39 Å². The SMILES string of the molecule is C[Si]1(C)O[SiH2]O[Si](C)(C(F)C=C(F)F)O1. The van der Waals surface area contributed by atoms with E-state index in [-0.39, 0.29) is 6.08 Å². The molecular weight excluding hydrogens is 261 g/mol. The summed E-state index contributed by atoms with van der Waals surface area (Å²) in [5.74, 6) is -1.84. The van der Waals surface area contributed by atoms with Crippen LogP contribution in [-0.4, -0.2) is 32.9 Å². The Labute approximate surface area is 90.8 Å². The summed E-state index contributed by atoms with van der Waals surface area (Å²) >= 11 is 0. The van der Waals surface area contributed by atoms with Gasteiger partial charge in [0, 0.05) is 6.08 Å². The molecule has 0 aromatic rings. The second-order valence-corrected chi connectivity index (χ2v) is 12.5. The molecule has 9 heteroatoms. The summed E-state index contributed by atoms with van der Waals surface area (Å²) in [5.41, 5.74) is 0. The molecule has 1 saturated heterocycles. The van der Waals surface area contributed by atoms with Gasteiger partial charge in [0.25, 0.3) is 16.1 Å². The Morgan fingerprint density at radius 2 is 1.87 bits per heavy atom. The van der Waals surface area contributed by atoms with Crippen LogP contribution in [0.5, 0.6) is 0 Å². The van der Waals surface area contributed by atoms with Gasteiger partial charge < -0.3 is 12.3 Å². The average molecular weight is 274 g/mol. The molecule has 0 spiro atoms. The van der Waals surface area contributed by atoms with Crippen molar-refractivity contribution < 1.29 is 25.5 Å². The largest absolute Gasteiger partial charge is 0.420 e. The lowest BCUT2D eigenvalue weighted by Gasteiger charge is -2.41. The normalized spacial score (nSPS) is 33.7. The summed E-state index contributed by atoms with van der Waals surface area (Å²) in [6.07, 6.45) is -1.78. The van der Waals surface area contributed by atoms with E-state index in [1.807, 2.05) is 0 Å². The van der Waals surface area contributed by atoms with Crippen LogP contribution in [0.4, 0.5) is 13.2 Å². The van der Waals surface area contributed by atoms with E-state index in [0.717, 1.165) is 0 Å². The van der Waals surface area contributed by atoms with Crippen molar-refractivity contribution in [2.24, 2.45) is 0 Å². The molecule has 0 radical (unpaired) electrons. The molecule has 1 fully saturated rings. The molecule has 0 aliphatic carbocycles. The minimum absolute atomic E-state index is 0.260. The zero-order valence-electron chi connectivity index (χ0n) is 8.72. The Hall–Kier alpha value is 0.0606. The Balaban J connectivity index is 2.77. The second kappa shape index (κ2) is 4.51. The molecule has 15 heavy (non-hydrogen) atoms. The fourth-order valence-corrected chi connectivity index (χ4v) is 11.0. The molecule has 1 aliphatic heterocycles. The monoisotopic (exact) mass is 274 g/mol. The van der Waals surface area contributed by atoms with E-state index in [9.17, 15) is 13.2 Å². The first-order valence-electron chi connectivity index (χ1n) is 4.40. The second-order valence-electron chi connectivity index (χ2n) is 3.78. The lowest BCUT2D eigenvalue weighted by Crippen LogP contribution is -2.61. The summed E-state index contributed by atoms with van der Waals surface area (Å²) in [6, 6.07) is 0. The number of halogens is 3. The molecular formula is C6H13F3O3Si3. The average Bonchev–Trinajstić information content (AvgIpc) is 1.99. The first-order valence-corrected chi connectivity index (χ1v) is 10.8. The van der Waals surface area contributed by atoms with Gasteiger partial charge in [0.1, 0.15) is 0 Å². The molecule has 88 valence electrons. The van der Waals surface area contributed by atoms with E-state index in [4.69, 9.17) is 12.3 Å². The molecule has 2 atom stereocenters. The zero-order valence-corrected chi connectivity index (χ0v) is 12.1. The predicted octanol–water partition coefficient (Wildman–Crippen LogP) is 1.48. The minimum atomic E-state index is -3.16. The maximum Gasteiger partial charge on any atom is 0.356 e. The van der Waals surface area contributed by atoms with Gasteiger partial charge in [-0.3, -0.25) is 0 Å². The van der Waals surface area contributed by atoms with E-state index >= 15 is 0 Å². The molecule has 0 amide bonds. The van der Waals surface area contributed by atoms with Crippen LogP contribution in [0.3, 0.4) is 0 Å². The van der Waals surface area contributed by atoms with Gasteiger partial charge >= 0.3 is 17.1 Å². The van der Waals surface area contributed by atoms with Crippen LogP contribution >= 0.6 is 0 Å². The van der Waals surface area contributed by atoms with E-state index in [1.165, 1.54) is 6.55 Å². The van der Waals surface area contributed by atoms with Crippen LogP contribution in [0.2, 0.25) is 19.6 Å². The predicted molar refractivity (Wildman–Crippen MR) is 56.1 cm³/mol. The number of hydrogen-bond acceptors (Lipinski definition) is 3. The summed E-state index contributed by atoms with van der Waals surface area (Å²) in [6.45, 7) is 4.98. The van der Waals surface area contributed by atoms with Crippen molar-refractivity contribution in [1.29, 1.82) is 0 Å². The van der Waals surface area contributed by atoms with Crippen molar-refractivity contribution in [3.05, 3.63) is 12.2 Å². The summed E-state index contributed by atoms with van der Waals surface area (Å²) < 4.78 is 53.3. The maximum atomic E-state index is 13.5. The standard InChI is InChI=1S/C6H13F3O3Si3/c1-14(2)10-13-11-15(3,12-14)6(9)4-5(7)8/h4,6H,13H2,1-3H3. The Morgan fingerprint density at radius 1 is 1.27 bits per heavy atom. The number of allylic oxidation sites excluding steroid dienone is 1. The van der Waals surface area contributed by atoms with Gasteiger partial charge in [-0.1, -0.05) is 0 Å². The Kier molecular flexibility index (Phi) is 3.95. The number of alkyl halides is 1. The molecule has 3 nitrogen and oxygen atoms in total. The quantitative estimate of drug-likeness (QED) is 0.714. The van der Waals surface area contributed by atoms with Crippen molar-refractivity contribution in [3.63, 3.8) is 0 Å². The summed E-state index contributed by atoms with van der Waals surface area (Å²) in [5, 5.41) is 0. The number of rotatable bonds is 2. The molecule has 2 unspecified atom stereocenters. The maximum absolute atomic E-state index is 13.5. The molecule has 1 rings (SSSR count). The Bertz CT molecular complexity index is 272. The third-order valence-electron chi connectivity index (χ3n) is 1.97. The molecule has 0 bridgehead atoms. The third-order valence-corrected chi connectivity index (χ3v) is 12.7. The smallest absolute Gasteiger partial charge is 0.356 e. The first-order chi connectivity index (χ1) is 6.75. The molecule has 0 N–H and O–H groups in total. The van der Waals surface area contributed by atoms with Crippen molar-refractivity contribution in [2.45, 2.75) is 25.4 Å². The van der Waals surface area contributed by atoms with E-state index in [2.05, 4.69) is 0 Å². The van der Waals surface area contributed by atoms with Crippen molar-refractivity contribution in [3.8, 4) is 0 Å². The minimum Gasteiger partial charge on any atom is -0.420 e. The van der Waals surface area contributed by atoms with E-state index in [1.54, 1.807) is 13.1 Å². The van der Waals surface area contributed by atoms with Crippen LogP contribution in [0.1, 0.15) is 0 Å². The zero-order chi connectivity index (χ0) is 11.7. The van der Waals surface area contributed by atoms with Crippen LogP contribution in [0, 0.1) is 0 Å². The highest BCUT2D eigenvalue weighted by molar-refractivity contribution is 6.86. The highest BCUT2D eigenvalue weighted by Gasteiger charge is 2.50. The van der Waals surface area contributed by atoms with Crippen molar-refractivity contribution in [2.75, 3.05) is 0 Å². The van der Waals surface area contributed by atoms with E-state index in [0.29, 0.717) is 0 Å². The number of hydrogen-bond donors (Lipinski definition) is 0. The van der Waals surface area contributed by atoms with Gasteiger partial charge in [0.05, 0.1) is 0 Å². The molecule has 1 heterocycles. The Morgan fingerprint density at radius 3 is 2.33 bits per heavy atom. The van der Waals surface area contributed by atoms with Crippen LogP contribution in [-0.2, 0) is 12.3 Å². The molecule has 0 saturated carbocycles. The van der Waals surface area contributed by atoms with Crippen LogP contribution in [0.15, 0.2) is 12.2 Å². The van der Waals surface area contributed by atoms with Crippen LogP contribution < -0.4 is 0 Å². The van der Waals surface area contributed by atoms with Crippen molar-refractivity contribution >= 4 is 27.1 Å². The fourth-order valence-electron chi connectivity index (χ4n) is 1.23. The van der Waals surface area contributed by atoms with Crippen molar-refractivity contribution in [1.82, 2.24) is 0 Å². The molecule has 1 aliphatic rings. The lowest BCUT2D eigenvalue weighted by atomic mass is 10.7. The van der Waals surface area contributed by atoms with Gasteiger partial charge in [0.2, 0.25) is 0 Å². The van der Waals surface area contributed by atoms with Crippen LogP contribution in [0.25, 0.3) is 0 Å². The van der Waals surface area contributed by atoms with Gasteiger partial charge in [0.15, 0.2) is 5.79 Å². The molecule has 0 aromatic heterocycles. The highest BCUT2D eigenvalue weighted by Crippen LogP contribution is 2.27. The first kappa shape index (κ1) is 13.1. The highest BCUT2D eigenvalue weighted by atomic mass is 28.5. The third kappa shape index (κ3) is 3.53. The van der Waals surface area contributed by atoms with E-state index < -0.39 is 39.0 Å². The summed E-state index contributed by atoms with van der Waals surface area (Å²) in [7, 11) is -6.81. The summed E-state index contributed by atoms with van der Waals surface area (Å²) in [4.78, 5) is 0. The van der Waals surface area contributed by atoms with Gasteiger partial charge in [-0.2, -0.15) is 8.78 Å². The molecule has 0 aromatic carbocycles. The lowest BCUT2D eigenvalue weighted by molar-refractivity contribution is 0.234.